The van der Waals surface area contributed by atoms with Crippen LogP contribution < -0.4 is 4.90 Å². The molecule has 0 saturated carbocycles. The molecule has 0 unspecified atom stereocenters. The number of benzene rings is 1. The van der Waals surface area contributed by atoms with Crippen LogP contribution in [0.25, 0.3) is 22.3 Å². The molecule has 1 aliphatic rings. The van der Waals surface area contributed by atoms with Crippen molar-refractivity contribution >= 4 is 16.9 Å². The molecule has 104 valence electrons. The van der Waals surface area contributed by atoms with Crippen molar-refractivity contribution in [1.82, 2.24) is 15.0 Å². The fourth-order valence-electron chi connectivity index (χ4n) is 2.76. The van der Waals surface area contributed by atoms with Crippen LogP contribution in [-0.2, 0) is 0 Å². The summed E-state index contributed by atoms with van der Waals surface area (Å²) in [6.07, 6.45) is 5.34. The first-order valence-electron chi connectivity index (χ1n) is 7.17. The molecule has 0 saturated heterocycles. The number of aromatic nitrogens is 3. The lowest BCUT2D eigenvalue weighted by Crippen LogP contribution is -2.15. The van der Waals surface area contributed by atoms with Gasteiger partial charge in [0.15, 0.2) is 5.82 Å². The molecule has 3 aromatic rings. The molecule has 4 nitrogen and oxygen atoms in total. The zero-order valence-corrected chi connectivity index (χ0v) is 11.9. The van der Waals surface area contributed by atoms with Crippen LogP contribution >= 0.6 is 0 Å². The van der Waals surface area contributed by atoms with Crippen molar-refractivity contribution < 1.29 is 0 Å². The van der Waals surface area contributed by atoms with Crippen LogP contribution in [0.5, 0.6) is 0 Å². The Morgan fingerprint density at radius 1 is 1.14 bits per heavy atom. The maximum absolute atomic E-state index is 4.62. The van der Waals surface area contributed by atoms with E-state index in [1.54, 1.807) is 0 Å². The first kappa shape index (κ1) is 12.1. The standard InChI is InChI=1S/C17H16N4/c1-12-18-15-11-14(13-7-3-2-4-8-13)20-16(15)17(19-12)21-9-5-6-10-21/h2-5,7-9,11,20H,6,10H2,1H3. The summed E-state index contributed by atoms with van der Waals surface area (Å²) in [7, 11) is 0. The Labute approximate surface area is 123 Å². The molecular formula is C17H16N4. The van der Waals surface area contributed by atoms with E-state index in [0.717, 1.165) is 46.9 Å². The number of hydrogen-bond acceptors (Lipinski definition) is 3. The van der Waals surface area contributed by atoms with Gasteiger partial charge in [0, 0.05) is 18.4 Å². The molecule has 0 fully saturated rings. The molecule has 3 heterocycles. The monoisotopic (exact) mass is 276 g/mol. The van der Waals surface area contributed by atoms with Gasteiger partial charge in [0.25, 0.3) is 0 Å². The number of nitrogens with one attached hydrogen (secondary N) is 1. The molecule has 4 rings (SSSR count). The van der Waals surface area contributed by atoms with Gasteiger partial charge in [0.2, 0.25) is 0 Å². The number of nitrogens with zero attached hydrogens (tertiary/aromatic N) is 3. The van der Waals surface area contributed by atoms with Crippen molar-refractivity contribution in [3.63, 3.8) is 0 Å². The summed E-state index contributed by atoms with van der Waals surface area (Å²) in [6, 6.07) is 12.4. The van der Waals surface area contributed by atoms with Gasteiger partial charge in [-0.3, -0.25) is 0 Å². The van der Waals surface area contributed by atoms with E-state index >= 15 is 0 Å². The van der Waals surface area contributed by atoms with Gasteiger partial charge in [-0.1, -0.05) is 36.4 Å². The van der Waals surface area contributed by atoms with Crippen LogP contribution in [0.15, 0.2) is 48.7 Å². The SMILES string of the molecule is Cc1nc(N2C=CCC2)c2[nH]c(-c3ccccc3)cc2n1. The van der Waals surface area contributed by atoms with Gasteiger partial charge in [-0.2, -0.15) is 0 Å². The number of aromatic amines is 1. The molecule has 0 atom stereocenters. The highest BCUT2D eigenvalue weighted by Gasteiger charge is 2.16. The molecule has 4 heteroatoms. The van der Waals surface area contributed by atoms with Crippen LogP contribution in [0.2, 0.25) is 0 Å². The van der Waals surface area contributed by atoms with Gasteiger partial charge in [0.1, 0.15) is 11.3 Å². The van der Waals surface area contributed by atoms with Crippen molar-refractivity contribution in [3.05, 3.63) is 54.5 Å². The Hall–Kier alpha value is -2.62. The Kier molecular flexibility index (Phi) is 2.74. The van der Waals surface area contributed by atoms with Crippen molar-refractivity contribution in [2.45, 2.75) is 13.3 Å². The Balaban J connectivity index is 1.90. The molecule has 2 aromatic heterocycles. The van der Waals surface area contributed by atoms with E-state index in [-0.39, 0.29) is 0 Å². The summed E-state index contributed by atoms with van der Waals surface area (Å²) in [6.45, 7) is 2.92. The molecule has 1 aliphatic heterocycles. The van der Waals surface area contributed by atoms with Crippen LogP contribution in [0.3, 0.4) is 0 Å². The number of fused-ring (bicyclic) bond motifs is 1. The summed E-state index contributed by atoms with van der Waals surface area (Å²) >= 11 is 0. The number of rotatable bonds is 2. The third kappa shape index (κ3) is 2.09. The van der Waals surface area contributed by atoms with Gasteiger partial charge < -0.3 is 9.88 Å². The minimum absolute atomic E-state index is 0.802. The van der Waals surface area contributed by atoms with Crippen LogP contribution in [-0.4, -0.2) is 21.5 Å². The molecule has 0 spiro atoms. The highest BCUT2D eigenvalue weighted by atomic mass is 15.2. The Morgan fingerprint density at radius 3 is 2.76 bits per heavy atom. The molecular weight excluding hydrogens is 260 g/mol. The van der Waals surface area contributed by atoms with Crippen molar-refractivity contribution in [2.24, 2.45) is 0 Å². The fourth-order valence-corrected chi connectivity index (χ4v) is 2.76. The largest absolute Gasteiger partial charge is 0.350 e. The number of anilines is 1. The molecule has 0 amide bonds. The third-order valence-electron chi connectivity index (χ3n) is 3.75. The van der Waals surface area contributed by atoms with Crippen LogP contribution in [0.1, 0.15) is 12.2 Å². The van der Waals surface area contributed by atoms with Gasteiger partial charge in [0.05, 0.1) is 5.52 Å². The maximum atomic E-state index is 4.62. The normalized spacial score (nSPS) is 14.2. The summed E-state index contributed by atoms with van der Waals surface area (Å²) < 4.78 is 0. The number of H-pyrrole nitrogens is 1. The summed E-state index contributed by atoms with van der Waals surface area (Å²) in [4.78, 5) is 14.9. The third-order valence-corrected chi connectivity index (χ3v) is 3.75. The van der Waals surface area contributed by atoms with Crippen LogP contribution in [0, 0.1) is 6.92 Å². The summed E-state index contributed by atoms with van der Waals surface area (Å²) in [5, 5.41) is 0. The quantitative estimate of drug-likeness (QED) is 0.777. The molecule has 1 N–H and O–H groups in total. The topological polar surface area (TPSA) is 44.8 Å². The van der Waals surface area contributed by atoms with Crippen LogP contribution in [0.4, 0.5) is 5.82 Å². The van der Waals surface area contributed by atoms with Crippen molar-refractivity contribution in [1.29, 1.82) is 0 Å². The summed E-state index contributed by atoms with van der Waals surface area (Å²) in [5.74, 6) is 1.77. The van der Waals surface area contributed by atoms with E-state index in [4.69, 9.17) is 0 Å². The highest BCUT2D eigenvalue weighted by molar-refractivity contribution is 5.91. The average molecular weight is 276 g/mol. The second-order valence-electron chi connectivity index (χ2n) is 5.27. The predicted octanol–water partition coefficient (Wildman–Crippen LogP) is 3.66. The van der Waals surface area contributed by atoms with E-state index in [1.165, 1.54) is 0 Å². The molecule has 1 aromatic carbocycles. The second-order valence-corrected chi connectivity index (χ2v) is 5.27. The lowest BCUT2D eigenvalue weighted by atomic mass is 10.2. The van der Waals surface area contributed by atoms with E-state index in [0.29, 0.717) is 0 Å². The zero-order valence-electron chi connectivity index (χ0n) is 11.9. The molecule has 21 heavy (non-hydrogen) atoms. The minimum atomic E-state index is 0.802. The van der Waals surface area contributed by atoms with Gasteiger partial charge >= 0.3 is 0 Å². The lowest BCUT2D eigenvalue weighted by Gasteiger charge is -2.15. The van der Waals surface area contributed by atoms with Crippen molar-refractivity contribution in [2.75, 3.05) is 11.4 Å². The Bertz CT molecular complexity index is 817. The zero-order chi connectivity index (χ0) is 14.2. The van der Waals surface area contributed by atoms with Crippen molar-refractivity contribution in [3.8, 4) is 11.3 Å². The fraction of sp³-hybridized carbons (Fsp3) is 0.176. The Morgan fingerprint density at radius 2 is 2.00 bits per heavy atom. The first-order chi connectivity index (χ1) is 10.3. The molecule has 0 aliphatic carbocycles. The molecule has 0 bridgehead atoms. The number of hydrogen-bond donors (Lipinski definition) is 1. The second kappa shape index (κ2) is 4.74. The van der Waals surface area contributed by atoms with Gasteiger partial charge in [-0.05, 0) is 25.0 Å². The van der Waals surface area contributed by atoms with E-state index in [2.05, 4.69) is 50.3 Å². The predicted molar refractivity (Wildman–Crippen MR) is 85.2 cm³/mol. The minimum Gasteiger partial charge on any atom is -0.350 e. The highest BCUT2D eigenvalue weighted by Crippen LogP contribution is 2.29. The number of aryl methyl sites for hydroxylation is 1. The van der Waals surface area contributed by atoms with E-state index in [1.807, 2.05) is 25.1 Å². The lowest BCUT2D eigenvalue weighted by molar-refractivity contribution is 0.955. The maximum Gasteiger partial charge on any atom is 0.160 e. The first-order valence-corrected chi connectivity index (χ1v) is 7.17. The van der Waals surface area contributed by atoms with E-state index in [9.17, 15) is 0 Å². The van der Waals surface area contributed by atoms with Gasteiger partial charge in [-0.15, -0.1) is 0 Å². The van der Waals surface area contributed by atoms with Gasteiger partial charge in [-0.25, -0.2) is 9.97 Å². The molecule has 0 radical (unpaired) electrons. The average Bonchev–Trinajstić information content (AvgIpc) is 3.16. The smallest absolute Gasteiger partial charge is 0.160 e. The summed E-state index contributed by atoms with van der Waals surface area (Å²) in [5.41, 5.74) is 4.22. The van der Waals surface area contributed by atoms with E-state index < -0.39 is 0 Å².